The average molecular weight is 289 g/mol. The first-order valence-electron chi connectivity index (χ1n) is 7.06. The van der Waals surface area contributed by atoms with Crippen molar-refractivity contribution < 1.29 is 13.9 Å². The van der Waals surface area contributed by atoms with Crippen LogP contribution in [0.4, 0.5) is 4.39 Å². The normalized spacial score (nSPS) is 12.0. The van der Waals surface area contributed by atoms with Crippen molar-refractivity contribution in [3.8, 4) is 17.2 Å². The molecule has 0 fully saturated rings. The molecule has 0 heterocycles. The van der Waals surface area contributed by atoms with E-state index in [-0.39, 0.29) is 5.82 Å². The van der Waals surface area contributed by atoms with Crippen LogP contribution in [0.2, 0.25) is 0 Å². The highest BCUT2D eigenvalue weighted by Gasteiger charge is 2.14. The zero-order valence-electron chi connectivity index (χ0n) is 12.3. The van der Waals surface area contributed by atoms with Gasteiger partial charge in [0.1, 0.15) is 23.1 Å². The van der Waals surface area contributed by atoms with Gasteiger partial charge >= 0.3 is 0 Å². The largest absolute Gasteiger partial charge is 0.494 e. The maximum absolute atomic E-state index is 13.8. The number of hydrogen-bond acceptors (Lipinski definition) is 3. The molecule has 0 aliphatic heterocycles. The summed E-state index contributed by atoms with van der Waals surface area (Å²) in [4.78, 5) is 0. The lowest BCUT2D eigenvalue weighted by atomic mass is 10.1. The van der Waals surface area contributed by atoms with Crippen molar-refractivity contribution >= 4 is 0 Å². The van der Waals surface area contributed by atoms with Gasteiger partial charge in [-0.25, -0.2) is 4.39 Å². The van der Waals surface area contributed by atoms with Gasteiger partial charge in [0.15, 0.2) is 0 Å². The molecule has 112 valence electrons. The molecule has 0 aliphatic carbocycles. The number of nitrogens with two attached hydrogens (primary N) is 1. The minimum Gasteiger partial charge on any atom is -0.494 e. The summed E-state index contributed by atoms with van der Waals surface area (Å²) in [5.41, 5.74) is 6.19. The Bertz CT molecular complexity index is 582. The molecule has 0 aromatic heterocycles. The molecule has 0 spiro atoms. The molecule has 0 saturated heterocycles. The third kappa shape index (κ3) is 3.95. The van der Waals surface area contributed by atoms with E-state index in [0.717, 1.165) is 12.2 Å². The Morgan fingerprint density at radius 1 is 1.10 bits per heavy atom. The second-order valence-electron chi connectivity index (χ2n) is 4.86. The minimum absolute atomic E-state index is 0.356. The SMILES string of the molecule is CCCOc1ccc(Oc2cccc(F)c2C(C)N)cc1. The molecule has 1 unspecified atom stereocenters. The van der Waals surface area contributed by atoms with Crippen LogP contribution in [0.15, 0.2) is 42.5 Å². The summed E-state index contributed by atoms with van der Waals surface area (Å²) >= 11 is 0. The molecular weight excluding hydrogens is 269 g/mol. The molecular formula is C17H20FNO2. The standard InChI is InChI=1S/C17H20FNO2/c1-3-11-20-13-7-9-14(10-8-13)21-16-6-4-5-15(18)17(16)12(2)19/h4-10,12H,3,11,19H2,1-2H3. The van der Waals surface area contributed by atoms with Gasteiger partial charge in [-0.3, -0.25) is 0 Å². The fourth-order valence-electron chi connectivity index (χ4n) is 2.00. The number of halogens is 1. The Labute approximate surface area is 124 Å². The lowest BCUT2D eigenvalue weighted by Crippen LogP contribution is -2.09. The van der Waals surface area contributed by atoms with Gasteiger partial charge in [0, 0.05) is 11.6 Å². The van der Waals surface area contributed by atoms with E-state index in [1.165, 1.54) is 6.07 Å². The highest BCUT2D eigenvalue weighted by molar-refractivity contribution is 5.41. The van der Waals surface area contributed by atoms with E-state index in [4.69, 9.17) is 15.2 Å². The van der Waals surface area contributed by atoms with Crippen LogP contribution in [0, 0.1) is 5.82 Å². The van der Waals surface area contributed by atoms with Crippen LogP contribution in [0.3, 0.4) is 0 Å². The molecule has 0 bridgehead atoms. The van der Waals surface area contributed by atoms with Crippen LogP contribution in [0.5, 0.6) is 17.2 Å². The fourth-order valence-corrected chi connectivity index (χ4v) is 2.00. The zero-order chi connectivity index (χ0) is 15.2. The van der Waals surface area contributed by atoms with E-state index in [2.05, 4.69) is 6.92 Å². The zero-order valence-corrected chi connectivity index (χ0v) is 12.3. The van der Waals surface area contributed by atoms with Gasteiger partial charge in [-0.05, 0) is 49.7 Å². The summed E-state index contributed by atoms with van der Waals surface area (Å²) < 4.78 is 25.1. The summed E-state index contributed by atoms with van der Waals surface area (Å²) in [6.45, 7) is 4.46. The van der Waals surface area contributed by atoms with E-state index in [0.29, 0.717) is 23.7 Å². The summed E-state index contributed by atoms with van der Waals surface area (Å²) in [5, 5.41) is 0. The Kier molecular flexibility index (Phi) is 5.17. The summed E-state index contributed by atoms with van der Waals surface area (Å²) in [6, 6.07) is 11.5. The van der Waals surface area contributed by atoms with Crippen molar-refractivity contribution in [2.75, 3.05) is 6.61 Å². The molecule has 3 nitrogen and oxygen atoms in total. The Balaban J connectivity index is 2.17. The quantitative estimate of drug-likeness (QED) is 0.855. The number of benzene rings is 2. The monoisotopic (exact) mass is 289 g/mol. The molecule has 0 aliphatic rings. The van der Waals surface area contributed by atoms with Gasteiger partial charge in [-0.15, -0.1) is 0 Å². The Morgan fingerprint density at radius 3 is 2.38 bits per heavy atom. The molecule has 2 aromatic carbocycles. The first-order chi connectivity index (χ1) is 10.1. The van der Waals surface area contributed by atoms with Crippen molar-refractivity contribution in [1.82, 2.24) is 0 Å². The highest BCUT2D eigenvalue weighted by atomic mass is 19.1. The van der Waals surface area contributed by atoms with Gasteiger partial charge in [0.2, 0.25) is 0 Å². The van der Waals surface area contributed by atoms with Gasteiger partial charge in [-0.2, -0.15) is 0 Å². The second kappa shape index (κ2) is 7.09. The summed E-state index contributed by atoms with van der Waals surface area (Å²) in [6.07, 6.45) is 0.958. The number of rotatable bonds is 6. The van der Waals surface area contributed by atoms with Crippen LogP contribution < -0.4 is 15.2 Å². The predicted molar refractivity (Wildman–Crippen MR) is 81.3 cm³/mol. The highest BCUT2D eigenvalue weighted by Crippen LogP contribution is 2.31. The summed E-state index contributed by atoms with van der Waals surface area (Å²) in [7, 11) is 0. The first-order valence-corrected chi connectivity index (χ1v) is 7.06. The van der Waals surface area contributed by atoms with Crippen LogP contribution in [-0.2, 0) is 0 Å². The third-order valence-corrected chi connectivity index (χ3v) is 2.99. The van der Waals surface area contributed by atoms with E-state index in [1.807, 2.05) is 12.1 Å². The predicted octanol–water partition coefficient (Wildman–Crippen LogP) is 4.43. The lowest BCUT2D eigenvalue weighted by Gasteiger charge is -2.14. The lowest BCUT2D eigenvalue weighted by molar-refractivity contribution is 0.317. The van der Waals surface area contributed by atoms with Crippen molar-refractivity contribution in [2.24, 2.45) is 5.73 Å². The van der Waals surface area contributed by atoms with E-state index in [1.54, 1.807) is 31.2 Å². The summed E-state index contributed by atoms with van der Waals surface area (Å²) in [5.74, 6) is 1.49. The van der Waals surface area contributed by atoms with Crippen molar-refractivity contribution in [1.29, 1.82) is 0 Å². The molecule has 0 saturated carbocycles. The van der Waals surface area contributed by atoms with Crippen LogP contribution in [0.25, 0.3) is 0 Å². The maximum atomic E-state index is 13.8. The minimum atomic E-state index is -0.437. The Morgan fingerprint density at radius 2 is 1.76 bits per heavy atom. The van der Waals surface area contributed by atoms with Crippen LogP contribution in [0.1, 0.15) is 31.9 Å². The Hall–Kier alpha value is -2.07. The van der Waals surface area contributed by atoms with Gasteiger partial charge in [0.05, 0.1) is 6.61 Å². The van der Waals surface area contributed by atoms with Crippen molar-refractivity contribution in [3.63, 3.8) is 0 Å². The molecule has 0 amide bonds. The van der Waals surface area contributed by atoms with Crippen LogP contribution in [-0.4, -0.2) is 6.61 Å². The molecule has 4 heteroatoms. The fraction of sp³-hybridized carbons (Fsp3) is 0.294. The molecule has 2 aromatic rings. The second-order valence-corrected chi connectivity index (χ2v) is 4.86. The molecule has 2 N–H and O–H groups in total. The van der Waals surface area contributed by atoms with Crippen molar-refractivity contribution in [2.45, 2.75) is 26.3 Å². The topological polar surface area (TPSA) is 44.5 Å². The van der Waals surface area contributed by atoms with Crippen LogP contribution >= 0.6 is 0 Å². The van der Waals surface area contributed by atoms with E-state index in [9.17, 15) is 4.39 Å². The number of ether oxygens (including phenoxy) is 2. The first kappa shape index (κ1) is 15.3. The van der Waals surface area contributed by atoms with Gasteiger partial charge < -0.3 is 15.2 Å². The van der Waals surface area contributed by atoms with Gasteiger partial charge in [-0.1, -0.05) is 13.0 Å². The molecule has 21 heavy (non-hydrogen) atoms. The van der Waals surface area contributed by atoms with Gasteiger partial charge in [0.25, 0.3) is 0 Å². The third-order valence-electron chi connectivity index (χ3n) is 2.99. The van der Waals surface area contributed by atoms with E-state index < -0.39 is 6.04 Å². The average Bonchev–Trinajstić information content (AvgIpc) is 2.46. The number of hydrogen-bond donors (Lipinski definition) is 1. The molecule has 1 atom stereocenters. The molecule has 2 rings (SSSR count). The smallest absolute Gasteiger partial charge is 0.135 e. The molecule has 0 radical (unpaired) electrons. The van der Waals surface area contributed by atoms with Crippen molar-refractivity contribution in [3.05, 3.63) is 53.8 Å². The van der Waals surface area contributed by atoms with E-state index >= 15 is 0 Å². The maximum Gasteiger partial charge on any atom is 0.135 e.